The number of amides is 1. The van der Waals surface area contributed by atoms with Gasteiger partial charge >= 0.3 is 0 Å². The van der Waals surface area contributed by atoms with Crippen LogP contribution in [0.15, 0.2) is 65.7 Å². The number of hydrogen-bond acceptors (Lipinski definition) is 4. The predicted octanol–water partition coefficient (Wildman–Crippen LogP) is 2.95. The van der Waals surface area contributed by atoms with Gasteiger partial charge in [-0.15, -0.1) is 0 Å². The third-order valence-electron chi connectivity index (χ3n) is 3.50. The number of para-hydroxylation sites is 1. The smallest absolute Gasteiger partial charge is 0.285 e. The highest BCUT2D eigenvalue weighted by atomic mass is 35.5. The molecule has 0 atom stereocenters. The van der Waals surface area contributed by atoms with E-state index in [4.69, 9.17) is 11.6 Å². The lowest BCUT2D eigenvalue weighted by molar-refractivity contribution is 0.0977. The van der Waals surface area contributed by atoms with Gasteiger partial charge in [-0.05, 0) is 31.2 Å². The predicted molar refractivity (Wildman–Crippen MR) is 94.4 cm³/mol. The molecule has 0 unspecified atom stereocenters. The molecule has 1 N–H and O–H groups in total. The summed E-state index contributed by atoms with van der Waals surface area (Å²) in [5.74, 6) is -0.260. The number of halogens is 1. The fraction of sp³-hybridized carbons (Fsp3) is 0.0588. The quantitative estimate of drug-likeness (QED) is 0.760. The van der Waals surface area contributed by atoms with Crippen molar-refractivity contribution in [1.29, 1.82) is 0 Å². The van der Waals surface area contributed by atoms with Crippen LogP contribution in [0.3, 0.4) is 0 Å². The summed E-state index contributed by atoms with van der Waals surface area (Å²) in [5.41, 5.74) is 0.817. The number of hydrogen-bond donors (Lipinski definition) is 1. The molecule has 0 radical (unpaired) electrons. The van der Waals surface area contributed by atoms with Crippen LogP contribution in [0, 0.1) is 6.92 Å². The van der Waals surface area contributed by atoms with Gasteiger partial charge in [-0.25, -0.2) is 18.1 Å². The van der Waals surface area contributed by atoms with Gasteiger partial charge in [-0.3, -0.25) is 4.79 Å². The largest absolute Gasteiger partial charge is 0.303 e. The molecule has 6 nitrogen and oxygen atoms in total. The summed E-state index contributed by atoms with van der Waals surface area (Å²) in [5, 5.41) is 0.0359. The maximum absolute atomic E-state index is 12.3. The van der Waals surface area contributed by atoms with Crippen LogP contribution < -0.4 is 4.72 Å². The molecule has 3 aromatic rings. The van der Waals surface area contributed by atoms with E-state index >= 15 is 0 Å². The molecule has 8 heteroatoms. The van der Waals surface area contributed by atoms with Crippen molar-refractivity contribution in [2.45, 2.75) is 11.8 Å². The minimum Gasteiger partial charge on any atom is -0.303 e. The Kier molecular flexibility index (Phi) is 4.61. The topological polar surface area (TPSA) is 81.1 Å². The summed E-state index contributed by atoms with van der Waals surface area (Å²) in [6, 6.07) is 15.2. The molecule has 3 rings (SSSR count). The van der Waals surface area contributed by atoms with E-state index < -0.39 is 15.9 Å². The third-order valence-corrected chi connectivity index (χ3v) is 5.33. The average Bonchev–Trinajstić information content (AvgIpc) is 2.97. The van der Waals surface area contributed by atoms with E-state index in [0.29, 0.717) is 5.82 Å². The standard InChI is InChI=1S/C17H14ClN3O3S/c1-12-19-15(11-21(12)13-7-3-2-4-8-13)17(22)20-25(23,24)16-10-6-5-9-14(16)18/h2-11H,1H3,(H,20,22). The second-order valence-corrected chi connectivity index (χ2v) is 7.30. The lowest BCUT2D eigenvalue weighted by atomic mass is 10.3. The van der Waals surface area contributed by atoms with Crippen molar-refractivity contribution in [2.24, 2.45) is 0 Å². The first-order valence-electron chi connectivity index (χ1n) is 7.31. The molecule has 128 valence electrons. The minimum atomic E-state index is -4.09. The number of nitrogens with zero attached hydrogens (tertiary/aromatic N) is 2. The zero-order valence-corrected chi connectivity index (χ0v) is 14.8. The molecule has 0 spiro atoms. The van der Waals surface area contributed by atoms with Crippen LogP contribution in [0.5, 0.6) is 0 Å². The number of rotatable bonds is 4. The van der Waals surface area contributed by atoms with Crippen molar-refractivity contribution in [1.82, 2.24) is 14.3 Å². The number of sulfonamides is 1. The molecule has 0 aliphatic rings. The fourth-order valence-corrected chi connectivity index (χ4v) is 3.81. The van der Waals surface area contributed by atoms with Crippen LogP contribution in [0.1, 0.15) is 16.3 Å². The molecule has 2 aromatic carbocycles. The number of imidazole rings is 1. The summed E-state index contributed by atoms with van der Waals surface area (Å²) in [4.78, 5) is 16.3. The van der Waals surface area contributed by atoms with E-state index in [9.17, 15) is 13.2 Å². The number of carbonyl (C=O) groups excluding carboxylic acids is 1. The first kappa shape index (κ1) is 17.2. The molecule has 1 amide bonds. The number of carbonyl (C=O) groups is 1. The molecular weight excluding hydrogens is 362 g/mol. The van der Waals surface area contributed by atoms with Crippen molar-refractivity contribution in [2.75, 3.05) is 0 Å². The summed E-state index contributed by atoms with van der Waals surface area (Å²) < 4.78 is 28.4. The first-order valence-corrected chi connectivity index (χ1v) is 9.18. The summed E-state index contributed by atoms with van der Waals surface area (Å²) in [6.45, 7) is 1.73. The maximum atomic E-state index is 12.3. The molecule has 0 aliphatic heterocycles. The zero-order valence-electron chi connectivity index (χ0n) is 13.2. The van der Waals surface area contributed by atoms with Gasteiger partial charge in [0, 0.05) is 11.9 Å². The Morgan fingerprint density at radius 3 is 2.40 bits per heavy atom. The monoisotopic (exact) mass is 375 g/mol. The van der Waals surface area contributed by atoms with Crippen molar-refractivity contribution in [3.05, 3.63) is 77.3 Å². The van der Waals surface area contributed by atoms with Crippen molar-refractivity contribution >= 4 is 27.5 Å². The number of benzene rings is 2. The Balaban J connectivity index is 1.89. The number of aryl methyl sites for hydroxylation is 1. The van der Waals surface area contributed by atoms with Crippen LogP contribution in [0.4, 0.5) is 0 Å². The molecule has 1 heterocycles. The minimum absolute atomic E-state index is 0.00279. The highest BCUT2D eigenvalue weighted by molar-refractivity contribution is 7.90. The maximum Gasteiger partial charge on any atom is 0.285 e. The van der Waals surface area contributed by atoms with Crippen molar-refractivity contribution < 1.29 is 13.2 Å². The Hall–Kier alpha value is -2.64. The molecule has 1 aromatic heterocycles. The van der Waals surface area contributed by atoms with Crippen LogP contribution in [0.25, 0.3) is 5.69 Å². The van der Waals surface area contributed by atoms with Crippen LogP contribution >= 0.6 is 11.6 Å². The van der Waals surface area contributed by atoms with E-state index in [1.54, 1.807) is 17.6 Å². The second-order valence-electron chi connectivity index (χ2n) is 5.24. The van der Waals surface area contributed by atoms with Gasteiger partial charge in [0.1, 0.15) is 16.4 Å². The fourth-order valence-electron chi connectivity index (χ4n) is 2.32. The summed E-state index contributed by atoms with van der Waals surface area (Å²) >= 11 is 5.90. The summed E-state index contributed by atoms with van der Waals surface area (Å²) in [6.07, 6.45) is 1.49. The van der Waals surface area contributed by atoms with E-state index in [-0.39, 0.29) is 15.6 Å². The van der Waals surface area contributed by atoms with Crippen LogP contribution in [0.2, 0.25) is 5.02 Å². The molecule has 25 heavy (non-hydrogen) atoms. The van der Waals surface area contributed by atoms with E-state index in [1.165, 1.54) is 24.4 Å². The molecule has 0 saturated carbocycles. The molecular formula is C17H14ClN3O3S. The number of aromatic nitrogens is 2. The van der Waals surface area contributed by atoms with E-state index in [1.807, 2.05) is 35.1 Å². The SMILES string of the molecule is Cc1nc(C(=O)NS(=O)(=O)c2ccccc2Cl)cn1-c1ccccc1. The Bertz CT molecular complexity index is 1030. The van der Waals surface area contributed by atoms with Gasteiger partial charge in [0.15, 0.2) is 0 Å². The highest BCUT2D eigenvalue weighted by Gasteiger charge is 2.23. The van der Waals surface area contributed by atoms with Gasteiger partial charge in [-0.2, -0.15) is 0 Å². The van der Waals surface area contributed by atoms with Crippen LogP contribution in [-0.2, 0) is 10.0 Å². The number of nitrogens with one attached hydrogen (secondary N) is 1. The van der Waals surface area contributed by atoms with Gasteiger partial charge < -0.3 is 4.57 Å². The first-order chi connectivity index (χ1) is 11.9. The highest BCUT2D eigenvalue weighted by Crippen LogP contribution is 2.20. The second kappa shape index (κ2) is 6.70. The Morgan fingerprint density at radius 2 is 1.72 bits per heavy atom. The third kappa shape index (κ3) is 3.57. The lowest BCUT2D eigenvalue weighted by Crippen LogP contribution is -2.31. The Morgan fingerprint density at radius 1 is 1.08 bits per heavy atom. The van der Waals surface area contributed by atoms with Crippen molar-refractivity contribution in [3.63, 3.8) is 0 Å². The van der Waals surface area contributed by atoms with Gasteiger partial charge in [-0.1, -0.05) is 41.9 Å². The molecule has 0 bridgehead atoms. The van der Waals surface area contributed by atoms with Gasteiger partial charge in [0.05, 0.1) is 5.02 Å². The Labute approximate surface area is 150 Å². The van der Waals surface area contributed by atoms with E-state index in [0.717, 1.165) is 5.69 Å². The average molecular weight is 376 g/mol. The normalized spacial score (nSPS) is 11.3. The lowest BCUT2D eigenvalue weighted by Gasteiger charge is -2.06. The van der Waals surface area contributed by atoms with Gasteiger partial charge in [0.25, 0.3) is 15.9 Å². The molecule has 0 fully saturated rings. The summed E-state index contributed by atoms with van der Waals surface area (Å²) in [7, 11) is -4.09. The molecule has 0 aliphatic carbocycles. The van der Waals surface area contributed by atoms with Crippen molar-refractivity contribution in [3.8, 4) is 5.69 Å². The van der Waals surface area contributed by atoms with Gasteiger partial charge in [0.2, 0.25) is 0 Å². The van der Waals surface area contributed by atoms with Crippen LogP contribution in [-0.4, -0.2) is 23.9 Å². The zero-order chi connectivity index (χ0) is 18.0. The van der Waals surface area contributed by atoms with E-state index in [2.05, 4.69) is 4.98 Å². The molecule has 0 saturated heterocycles.